The summed E-state index contributed by atoms with van der Waals surface area (Å²) in [5.41, 5.74) is 0.0425. The molecule has 0 aliphatic heterocycles. The van der Waals surface area contributed by atoms with Crippen molar-refractivity contribution in [2.45, 2.75) is 6.92 Å². The number of aldehydes is 1. The molecule has 0 spiro atoms. The van der Waals surface area contributed by atoms with E-state index < -0.39 is 11.5 Å². The van der Waals surface area contributed by atoms with Crippen LogP contribution in [0.5, 0.6) is 17.2 Å². The van der Waals surface area contributed by atoms with Crippen LogP contribution in [-0.4, -0.2) is 23.1 Å². The predicted octanol–water partition coefficient (Wildman–Crippen LogP) is 1.31. The number of carbonyl (C=O) groups excluding carboxylic acids is 1. The maximum Gasteiger partial charge on any atom is 0.201 e. The van der Waals surface area contributed by atoms with Crippen LogP contribution in [0.2, 0.25) is 0 Å². The van der Waals surface area contributed by atoms with Crippen LogP contribution < -0.4 is 4.74 Å². The van der Waals surface area contributed by atoms with Gasteiger partial charge < -0.3 is 14.9 Å². The first kappa shape index (κ1) is 9.38. The molecule has 0 saturated carbocycles. The van der Waals surface area contributed by atoms with E-state index in [9.17, 15) is 15.0 Å². The Morgan fingerprint density at radius 1 is 1.38 bits per heavy atom. The van der Waals surface area contributed by atoms with Crippen LogP contribution in [0.15, 0.2) is 12.1 Å². The van der Waals surface area contributed by atoms with Crippen molar-refractivity contribution in [1.29, 1.82) is 0 Å². The van der Waals surface area contributed by atoms with Crippen LogP contribution in [0.3, 0.4) is 0 Å². The third kappa shape index (κ3) is 1.72. The number of ether oxygens (including phenoxy) is 1. The maximum atomic E-state index is 10.3. The Labute approximate surface area is 75.4 Å². The first-order chi connectivity index (χ1) is 6.20. The molecule has 70 valence electrons. The molecular formula is C9H10O4. The SMILES string of the molecule is CCOc1ccc(C=O)c(O)c1O. The van der Waals surface area contributed by atoms with Crippen LogP contribution in [-0.2, 0) is 0 Å². The Bertz CT molecular complexity index is 320. The molecule has 0 aromatic heterocycles. The lowest BCUT2D eigenvalue weighted by molar-refractivity contribution is 0.112. The summed E-state index contributed by atoms with van der Waals surface area (Å²) in [5, 5.41) is 18.6. The largest absolute Gasteiger partial charge is 0.504 e. The third-order valence-electron chi connectivity index (χ3n) is 1.57. The molecule has 1 aromatic rings. The Morgan fingerprint density at radius 3 is 2.62 bits per heavy atom. The Kier molecular flexibility index (Phi) is 2.74. The van der Waals surface area contributed by atoms with Gasteiger partial charge in [0.25, 0.3) is 0 Å². The molecule has 0 atom stereocenters. The Hall–Kier alpha value is -1.71. The fourth-order valence-electron chi connectivity index (χ4n) is 0.944. The zero-order valence-electron chi connectivity index (χ0n) is 7.15. The van der Waals surface area contributed by atoms with Gasteiger partial charge in [-0.25, -0.2) is 0 Å². The van der Waals surface area contributed by atoms with Gasteiger partial charge in [0, 0.05) is 0 Å². The van der Waals surface area contributed by atoms with E-state index >= 15 is 0 Å². The fraction of sp³-hybridized carbons (Fsp3) is 0.222. The van der Waals surface area contributed by atoms with Crippen molar-refractivity contribution in [3.8, 4) is 17.2 Å². The van der Waals surface area contributed by atoms with Gasteiger partial charge in [0.15, 0.2) is 17.8 Å². The molecule has 0 bridgehead atoms. The lowest BCUT2D eigenvalue weighted by Gasteiger charge is -2.07. The minimum atomic E-state index is -0.444. The summed E-state index contributed by atoms with van der Waals surface area (Å²) in [6.07, 6.45) is 0.463. The molecule has 0 heterocycles. The molecule has 4 heteroatoms. The third-order valence-corrected chi connectivity index (χ3v) is 1.57. The van der Waals surface area contributed by atoms with Gasteiger partial charge in [-0.2, -0.15) is 0 Å². The Morgan fingerprint density at radius 2 is 2.08 bits per heavy atom. The molecule has 13 heavy (non-hydrogen) atoms. The molecule has 0 aliphatic carbocycles. The van der Waals surface area contributed by atoms with Crippen LogP contribution in [0, 0.1) is 0 Å². The van der Waals surface area contributed by atoms with E-state index in [2.05, 4.69) is 0 Å². The number of carbonyl (C=O) groups is 1. The highest BCUT2D eigenvalue weighted by Gasteiger charge is 2.11. The summed E-state index contributed by atoms with van der Waals surface area (Å²) in [7, 11) is 0. The predicted molar refractivity (Wildman–Crippen MR) is 46.3 cm³/mol. The number of rotatable bonds is 3. The lowest BCUT2D eigenvalue weighted by Crippen LogP contribution is -1.93. The lowest BCUT2D eigenvalue weighted by atomic mass is 10.2. The van der Waals surface area contributed by atoms with Crippen molar-refractivity contribution < 1.29 is 19.7 Å². The minimum absolute atomic E-state index is 0.0425. The summed E-state index contributed by atoms with van der Waals surface area (Å²) in [5.74, 6) is -0.669. The molecule has 1 rings (SSSR count). The van der Waals surface area contributed by atoms with E-state index in [0.29, 0.717) is 12.9 Å². The van der Waals surface area contributed by atoms with Gasteiger partial charge in [0.1, 0.15) is 0 Å². The number of hydrogen-bond donors (Lipinski definition) is 2. The number of phenolic OH excluding ortho intramolecular Hbond substituents is 2. The van der Waals surface area contributed by atoms with E-state index in [0.717, 1.165) is 0 Å². The van der Waals surface area contributed by atoms with Crippen molar-refractivity contribution in [2.24, 2.45) is 0 Å². The van der Waals surface area contributed by atoms with E-state index in [1.165, 1.54) is 12.1 Å². The summed E-state index contributed by atoms with van der Waals surface area (Å²) in [6, 6.07) is 2.81. The van der Waals surface area contributed by atoms with E-state index in [1.807, 2.05) is 0 Å². The second-order valence-electron chi connectivity index (χ2n) is 2.40. The number of hydrogen-bond acceptors (Lipinski definition) is 4. The van der Waals surface area contributed by atoms with Crippen LogP contribution in [0.4, 0.5) is 0 Å². The van der Waals surface area contributed by atoms with Crippen LogP contribution >= 0.6 is 0 Å². The summed E-state index contributed by atoms with van der Waals surface area (Å²) >= 11 is 0. The van der Waals surface area contributed by atoms with Crippen LogP contribution in [0.1, 0.15) is 17.3 Å². The number of phenols is 2. The molecule has 0 fully saturated rings. The average molecular weight is 182 g/mol. The van der Waals surface area contributed by atoms with E-state index in [1.54, 1.807) is 6.92 Å². The second-order valence-corrected chi connectivity index (χ2v) is 2.40. The van der Waals surface area contributed by atoms with Gasteiger partial charge in [-0.1, -0.05) is 0 Å². The van der Waals surface area contributed by atoms with E-state index in [4.69, 9.17) is 4.74 Å². The molecule has 4 nitrogen and oxygen atoms in total. The van der Waals surface area contributed by atoms with Gasteiger partial charge >= 0.3 is 0 Å². The quantitative estimate of drug-likeness (QED) is 0.546. The maximum absolute atomic E-state index is 10.3. The average Bonchev–Trinajstić information content (AvgIpc) is 2.14. The monoisotopic (exact) mass is 182 g/mol. The molecule has 0 saturated heterocycles. The molecule has 0 amide bonds. The highest BCUT2D eigenvalue weighted by atomic mass is 16.5. The molecule has 0 radical (unpaired) electrons. The zero-order valence-corrected chi connectivity index (χ0v) is 7.15. The smallest absolute Gasteiger partial charge is 0.201 e. The molecular weight excluding hydrogens is 172 g/mol. The van der Waals surface area contributed by atoms with E-state index in [-0.39, 0.29) is 11.3 Å². The summed E-state index contributed by atoms with van der Waals surface area (Å²) < 4.78 is 4.99. The van der Waals surface area contributed by atoms with Gasteiger partial charge in [-0.3, -0.25) is 4.79 Å². The normalized spacial score (nSPS) is 9.62. The standard InChI is InChI=1S/C9H10O4/c1-2-13-7-4-3-6(5-10)8(11)9(7)12/h3-5,11-12H,2H2,1H3. The molecule has 1 aromatic carbocycles. The fourth-order valence-corrected chi connectivity index (χ4v) is 0.944. The topological polar surface area (TPSA) is 66.8 Å². The molecule has 0 aliphatic rings. The minimum Gasteiger partial charge on any atom is -0.504 e. The van der Waals surface area contributed by atoms with Crippen LogP contribution in [0.25, 0.3) is 0 Å². The van der Waals surface area contributed by atoms with Crippen molar-refractivity contribution in [1.82, 2.24) is 0 Å². The zero-order chi connectivity index (χ0) is 9.84. The van der Waals surface area contributed by atoms with Crippen molar-refractivity contribution in [3.63, 3.8) is 0 Å². The first-order valence-electron chi connectivity index (χ1n) is 3.83. The van der Waals surface area contributed by atoms with Gasteiger partial charge in [-0.05, 0) is 19.1 Å². The Balaban J connectivity index is 3.14. The first-order valence-corrected chi connectivity index (χ1v) is 3.83. The summed E-state index contributed by atoms with van der Waals surface area (Å²) in [4.78, 5) is 10.3. The summed E-state index contributed by atoms with van der Waals surface area (Å²) in [6.45, 7) is 2.14. The number of benzene rings is 1. The highest BCUT2D eigenvalue weighted by Crippen LogP contribution is 2.37. The van der Waals surface area contributed by atoms with Crippen molar-refractivity contribution in [3.05, 3.63) is 17.7 Å². The van der Waals surface area contributed by atoms with Crippen molar-refractivity contribution >= 4 is 6.29 Å². The second kappa shape index (κ2) is 3.80. The number of aromatic hydroxyl groups is 2. The van der Waals surface area contributed by atoms with Gasteiger partial charge in [0.05, 0.1) is 12.2 Å². The van der Waals surface area contributed by atoms with Gasteiger partial charge in [-0.15, -0.1) is 0 Å². The molecule has 2 N–H and O–H groups in total. The highest BCUT2D eigenvalue weighted by molar-refractivity contribution is 5.81. The van der Waals surface area contributed by atoms with Gasteiger partial charge in [0.2, 0.25) is 5.75 Å². The van der Waals surface area contributed by atoms with Crippen molar-refractivity contribution in [2.75, 3.05) is 6.61 Å². The molecule has 0 unspecified atom stereocenters.